The van der Waals surface area contributed by atoms with Gasteiger partial charge in [0.1, 0.15) is 30.5 Å². The third-order valence-corrected chi connectivity index (χ3v) is 3.78. The largest absolute Gasteiger partial charge is 0.496 e. The maximum atomic E-state index is 11.0. The molecule has 0 aliphatic carbocycles. The van der Waals surface area contributed by atoms with E-state index in [4.69, 9.17) is 9.47 Å². The molecule has 2 aromatic carbocycles. The van der Waals surface area contributed by atoms with Gasteiger partial charge in [0, 0.05) is 17.6 Å². The second-order valence-corrected chi connectivity index (χ2v) is 4.98. The highest BCUT2D eigenvalue weighted by Gasteiger charge is 2.28. The maximum absolute atomic E-state index is 11.0. The molecule has 1 aliphatic heterocycles. The molecule has 3 rings (SSSR count). The smallest absolute Gasteiger partial charge is 0.149 e. The Morgan fingerprint density at radius 1 is 1.33 bits per heavy atom. The molecule has 1 N–H and O–H groups in total. The number of benzene rings is 2. The lowest BCUT2D eigenvalue weighted by Gasteiger charge is -2.17. The standard InChI is InChI=1S/C17H16O4/c1-20-15-7-12-5-3-2-4-11(12)6-14(15)16-8-13(9-18)17(10-19)21-16/h2-7,9,16,19H,8,10H2,1H3/t16-/m1/s1. The topological polar surface area (TPSA) is 55.8 Å². The van der Waals surface area contributed by atoms with E-state index in [9.17, 15) is 9.90 Å². The minimum Gasteiger partial charge on any atom is -0.496 e. The lowest BCUT2D eigenvalue weighted by atomic mass is 9.99. The fourth-order valence-electron chi connectivity index (χ4n) is 2.69. The number of hydrogen-bond acceptors (Lipinski definition) is 4. The van der Waals surface area contributed by atoms with Crippen molar-refractivity contribution in [2.24, 2.45) is 0 Å². The summed E-state index contributed by atoms with van der Waals surface area (Å²) < 4.78 is 11.2. The first-order chi connectivity index (χ1) is 10.3. The van der Waals surface area contributed by atoms with Gasteiger partial charge in [0.15, 0.2) is 0 Å². The highest BCUT2D eigenvalue weighted by molar-refractivity contribution is 5.85. The van der Waals surface area contributed by atoms with Crippen molar-refractivity contribution in [1.82, 2.24) is 0 Å². The van der Waals surface area contributed by atoms with Gasteiger partial charge in [0.25, 0.3) is 0 Å². The monoisotopic (exact) mass is 284 g/mol. The Morgan fingerprint density at radius 3 is 2.62 bits per heavy atom. The van der Waals surface area contributed by atoms with Crippen molar-refractivity contribution in [3.05, 3.63) is 53.3 Å². The van der Waals surface area contributed by atoms with E-state index in [1.165, 1.54) is 0 Å². The molecule has 4 heteroatoms. The minimum absolute atomic E-state index is 0.263. The Morgan fingerprint density at radius 2 is 2.05 bits per heavy atom. The lowest BCUT2D eigenvalue weighted by Crippen LogP contribution is -2.02. The molecule has 0 spiro atoms. The van der Waals surface area contributed by atoms with E-state index in [-0.39, 0.29) is 12.7 Å². The summed E-state index contributed by atoms with van der Waals surface area (Å²) >= 11 is 0. The molecule has 0 radical (unpaired) electrons. The number of hydrogen-bond donors (Lipinski definition) is 1. The third-order valence-electron chi connectivity index (χ3n) is 3.78. The number of fused-ring (bicyclic) bond motifs is 1. The summed E-state index contributed by atoms with van der Waals surface area (Å²) in [6, 6.07) is 12.0. The van der Waals surface area contributed by atoms with Crippen LogP contribution in [0, 0.1) is 0 Å². The number of aldehydes is 1. The van der Waals surface area contributed by atoms with Crippen LogP contribution in [0.1, 0.15) is 18.1 Å². The van der Waals surface area contributed by atoms with Crippen molar-refractivity contribution < 1.29 is 19.4 Å². The van der Waals surface area contributed by atoms with Crippen molar-refractivity contribution in [3.8, 4) is 5.75 Å². The molecule has 1 atom stereocenters. The van der Waals surface area contributed by atoms with E-state index in [2.05, 4.69) is 0 Å². The van der Waals surface area contributed by atoms with E-state index >= 15 is 0 Å². The van der Waals surface area contributed by atoms with E-state index in [1.807, 2.05) is 36.4 Å². The Labute approximate surface area is 122 Å². The number of ether oxygens (including phenoxy) is 2. The average Bonchev–Trinajstić information content (AvgIpc) is 2.96. The Kier molecular flexibility index (Phi) is 3.62. The lowest BCUT2D eigenvalue weighted by molar-refractivity contribution is -0.105. The molecule has 0 saturated carbocycles. The van der Waals surface area contributed by atoms with Gasteiger partial charge in [-0.1, -0.05) is 24.3 Å². The fourth-order valence-corrected chi connectivity index (χ4v) is 2.69. The van der Waals surface area contributed by atoms with Gasteiger partial charge < -0.3 is 14.6 Å². The van der Waals surface area contributed by atoms with Crippen LogP contribution < -0.4 is 4.74 Å². The van der Waals surface area contributed by atoms with Crippen molar-refractivity contribution >= 4 is 17.1 Å². The molecule has 2 aromatic rings. The van der Waals surface area contributed by atoms with Gasteiger partial charge in [0.05, 0.1) is 7.11 Å². The van der Waals surface area contributed by atoms with Gasteiger partial charge in [-0.25, -0.2) is 0 Å². The SMILES string of the molecule is COc1cc2ccccc2cc1[C@H]1CC(C=O)=C(CO)O1. The van der Waals surface area contributed by atoms with Gasteiger partial charge >= 0.3 is 0 Å². The first-order valence-electron chi connectivity index (χ1n) is 6.78. The predicted octanol–water partition coefficient (Wildman–Crippen LogP) is 2.76. The van der Waals surface area contributed by atoms with E-state index in [0.29, 0.717) is 17.8 Å². The molecule has 21 heavy (non-hydrogen) atoms. The van der Waals surface area contributed by atoms with Gasteiger partial charge in [-0.15, -0.1) is 0 Å². The molecule has 1 aliphatic rings. The van der Waals surface area contributed by atoms with Crippen LogP contribution in [0.15, 0.2) is 47.7 Å². The first-order valence-corrected chi connectivity index (χ1v) is 6.78. The van der Waals surface area contributed by atoms with Crippen LogP contribution >= 0.6 is 0 Å². The molecule has 108 valence electrons. The zero-order valence-electron chi connectivity index (χ0n) is 11.7. The molecule has 0 saturated heterocycles. The average molecular weight is 284 g/mol. The second-order valence-electron chi connectivity index (χ2n) is 4.98. The Hall–Kier alpha value is -2.33. The number of methoxy groups -OCH3 is 1. The van der Waals surface area contributed by atoms with Crippen LogP contribution in [0.25, 0.3) is 10.8 Å². The number of rotatable bonds is 4. The summed E-state index contributed by atoms with van der Waals surface area (Å²) in [6.07, 6.45) is 0.902. The quantitative estimate of drug-likeness (QED) is 0.877. The van der Waals surface area contributed by atoms with Gasteiger partial charge in [-0.3, -0.25) is 4.79 Å². The summed E-state index contributed by atoms with van der Waals surface area (Å²) in [7, 11) is 1.61. The van der Waals surface area contributed by atoms with Crippen molar-refractivity contribution in [2.75, 3.05) is 13.7 Å². The molecule has 1 heterocycles. The summed E-state index contributed by atoms with van der Waals surface area (Å²) in [5.41, 5.74) is 1.40. The first kappa shape index (κ1) is 13.6. The van der Waals surface area contributed by atoms with Crippen LogP contribution in [0.3, 0.4) is 0 Å². The van der Waals surface area contributed by atoms with Crippen LogP contribution in [-0.4, -0.2) is 25.1 Å². The number of carbonyl (C=O) groups excluding carboxylic acids is 1. The summed E-state index contributed by atoms with van der Waals surface area (Å²) in [5.74, 6) is 1.08. The third kappa shape index (κ3) is 2.38. The highest BCUT2D eigenvalue weighted by Crippen LogP contribution is 2.40. The normalized spacial score (nSPS) is 17.9. The van der Waals surface area contributed by atoms with Crippen LogP contribution in [-0.2, 0) is 9.53 Å². The van der Waals surface area contributed by atoms with Crippen LogP contribution in [0.5, 0.6) is 5.75 Å². The van der Waals surface area contributed by atoms with E-state index < -0.39 is 0 Å². The summed E-state index contributed by atoms with van der Waals surface area (Å²) in [6.45, 7) is -0.263. The van der Waals surface area contributed by atoms with E-state index in [1.54, 1.807) is 7.11 Å². The molecule has 4 nitrogen and oxygen atoms in total. The number of carbonyl (C=O) groups is 1. The minimum atomic E-state index is -0.299. The Bertz CT molecular complexity index is 718. The number of aliphatic hydroxyl groups excluding tert-OH is 1. The van der Waals surface area contributed by atoms with Crippen LogP contribution in [0.4, 0.5) is 0 Å². The molecular formula is C17H16O4. The van der Waals surface area contributed by atoms with Gasteiger partial charge in [-0.2, -0.15) is 0 Å². The van der Waals surface area contributed by atoms with Crippen molar-refractivity contribution in [2.45, 2.75) is 12.5 Å². The molecule has 0 unspecified atom stereocenters. The zero-order valence-corrected chi connectivity index (χ0v) is 11.7. The fraction of sp³-hybridized carbons (Fsp3) is 0.235. The van der Waals surface area contributed by atoms with Gasteiger partial charge in [0.2, 0.25) is 0 Å². The Balaban J connectivity index is 2.03. The summed E-state index contributed by atoms with van der Waals surface area (Å²) in [5, 5.41) is 11.4. The molecule has 0 fully saturated rings. The van der Waals surface area contributed by atoms with E-state index in [0.717, 1.165) is 28.4 Å². The van der Waals surface area contributed by atoms with Gasteiger partial charge in [-0.05, 0) is 22.9 Å². The molecule has 0 amide bonds. The predicted molar refractivity (Wildman–Crippen MR) is 79.1 cm³/mol. The summed E-state index contributed by atoms with van der Waals surface area (Å²) in [4.78, 5) is 11.0. The molecule has 0 bridgehead atoms. The van der Waals surface area contributed by atoms with Crippen molar-refractivity contribution in [3.63, 3.8) is 0 Å². The number of aliphatic hydroxyl groups is 1. The van der Waals surface area contributed by atoms with Crippen molar-refractivity contribution in [1.29, 1.82) is 0 Å². The molecule has 0 aromatic heterocycles. The zero-order chi connectivity index (χ0) is 14.8. The second kappa shape index (κ2) is 5.58. The molecular weight excluding hydrogens is 268 g/mol. The highest BCUT2D eigenvalue weighted by atomic mass is 16.5. The van der Waals surface area contributed by atoms with Crippen LogP contribution in [0.2, 0.25) is 0 Å². The maximum Gasteiger partial charge on any atom is 0.149 e.